The van der Waals surface area contributed by atoms with Gasteiger partial charge in [0.25, 0.3) is 0 Å². The molecule has 1 aromatic heterocycles. The van der Waals surface area contributed by atoms with Crippen molar-refractivity contribution in [1.82, 2.24) is 5.32 Å². The smallest absolute Gasteiger partial charge is 0.308 e. The number of carboxylic acid groups (broad SMARTS) is 1. The number of carbonyl (C=O) groups is 2. The van der Waals surface area contributed by atoms with Crippen LogP contribution >= 0.6 is 0 Å². The lowest BCUT2D eigenvalue weighted by Gasteiger charge is -2.17. The van der Waals surface area contributed by atoms with E-state index in [1.165, 1.54) is 0 Å². The van der Waals surface area contributed by atoms with E-state index in [0.29, 0.717) is 12.8 Å². The number of aryl methyl sites for hydroxylation is 1. The van der Waals surface area contributed by atoms with E-state index in [0.717, 1.165) is 5.56 Å². The highest BCUT2D eigenvalue weighted by atomic mass is 16.4. The van der Waals surface area contributed by atoms with Crippen molar-refractivity contribution in [3.63, 3.8) is 0 Å². The predicted octanol–water partition coefficient (Wildman–Crippen LogP) is 1.44. The first-order valence-corrected chi connectivity index (χ1v) is 5.54. The van der Waals surface area contributed by atoms with E-state index in [4.69, 9.17) is 9.52 Å². The molecule has 2 unspecified atom stereocenters. The van der Waals surface area contributed by atoms with Crippen LogP contribution in [0.4, 0.5) is 0 Å². The molecule has 0 spiro atoms. The topological polar surface area (TPSA) is 79.5 Å². The molecule has 2 atom stereocenters. The summed E-state index contributed by atoms with van der Waals surface area (Å²) in [6.45, 7) is 3.26. The van der Waals surface area contributed by atoms with Gasteiger partial charge in [0, 0.05) is 12.5 Å². The second kappa shape index (κ2) is 6.08. The molecule has 5 nitrogen and oxygen atoms in total. The number of furan rings is 1. The Morgan fingerprint density at radius 2 is 2.18 bits per heavy atom. The average molecular weight is 239 g/mol. The minimum absolute atomic E-state index is 0.146. The lowest BCUT2D eigenvalue weighted by Crippen LogP contribution is -2.40. The zero-order valence-corrected chi connectivity index (χ0v) is 9.97. The Hall–Kier alpha value is -1.78. The molecule has 2 N–H and O–H groups in total. The normalized spacial score (nSPS) is 14.0. The monoisotopic (exact) mass is 239 g/mol. The van der Waals surface area contributed by atoms with Crippen LogP contribution in [0.1, 0.15) is 25.8 Å². The molecule has 0 radical (unpaired) electrons. The van der Waals surface area contributed by atoms with Crippen LogP contribution in [0.3, 0.4) is 0 Å². The Bertz CT molecular complexity index is 372. The summed E-state index contributed by atoms with van der Waals surface area (Å²) < 4.78 is 4.89. The van der Waals surface area contributed by atoms with Gasteiger partial charge in [-0.25, -0.2) is 0 Å². The summed E-state index contributed by atoms with van der Waals surface area (Å²) in [5.41, 5.74) is 0.957. The second-order valence-corrected chi connectivity index (χ2v) is 4.11. The molecule has 0 aliphatic rings. The molecule has 0 aliphatic heterocycles. The molecule has 0 saturated heterocycles. The average Bonchev–Trinajstić information content (AvgIpc) is 2.77. The Morgan fingerprint density at radius 3 is 2.71 bits per heavy atom. The number of nitrogens with one attached hydrogen (secondary N) is 1. The quantitative estimate of drug-likeness (QED) is 0.787. The van der Waals surface area contributed by atoms with Crippen LogP contribution in [0.5, 0.6) is 0 Å². The van der Waals surface area contributed by atoms with Gasteiger partial charge in [0.2, 0.25) is 5.91 Å². The van der Waals surface area contributed by atoms with Crippen molar-refractivity contribution in [2.45, 2.75) is 32.7 Å². The summed E-state index contributed by atoms with van der Waals surface area (Å²) >= 11 is 0. The zero-order chi connectivity index (χ0) is 12.8. The Morgan fingerprint density at radius 1 is 1.47 bits per heavy atom. The number of carboxylic acids is 1. The van der Waals surface area contributed by atoms with Crippen LogP contribution in [0.15, 0.2) is 23.0 Å². The standard InChI is InChI=1S/C12H17NO4/c1-8(12(15)16)9(2)13-11(14)4-3-10-5-6-17-7-10/h5-9H,3-4H2,1-2H3,(H,13,14)(H,15,16). The first kappa shape index (κ1) is 13.3. The van der Waals surface area contributed by atoms with Gasteiger partial charge in [-0.05, 0) is 31.9 Å². The number of hydrogen-bond acceptors (Lipinski definition) is 3. The van der Waals surface area contributed by atoms with Gasteiger partial charge in [0.1, 0.15) is 0 Å². The van der Waals surface area contributed by atoms with Crippen molar-refractivity contribution in [3.05, 3.63) is 24.2 Å². The number of hydrogen-bond donors (Lipinski definition) is 2. The first-order chi connectivity index (χ1) is 8.00. The number of rotatable bonds is 6. The van der Waals surface area contributed by atoms with Gasteiger partial charge in [0.15, 0.2) is 0 Å². The fourth-order valence-electron chi connectivity index (χ4n) is 1.36. The van der Waals surface area contributed by atoms with Crippen molar-refractivity contribution in [3.8, 4) is 0 Å². The second-order valence-electron chi connectivity index (χ2n) is 4.11. The Balaban J connectivity index is 2.32. The number of aliphatic carboxylic acids is 1. The molecule has 0 aromatic carbocycles. The summed E-state index contributed by atoms with van der Waals surface area (Å²) in [6, 6.07) is 1.43. The van der Waals surface area contributed by atoms with Gasteiger partial charge in [-0.3, -0.25) is 9.59 Å². The van der Waals surface area contributed by atoms with Crippen molar-refractivity contribution in [1.29, 1.82) is 0 Å². The molecule has 5 heteroatoms. The SMILES string of the molecule is CC(NC(=O)CCc1ccoc1)C(C)C(=O)O. The van der Waals surface area contributed by atoms with E-state index in [1.807, 2.05) is 0 Å². The van der Waals surface area contributed by atoms with Gasteiger partial charge in [-0.15, -0.1) is 0 Å². The molecule has 17 heavy (non-hydrogen) atoms. The molecule has 1 rings (SSSR count). The first-order valence-electron chi connectivity index (χ1n) is 5.54. The van der Waals surface area contributed by atoms with Crippen molar-refractivity contribution in [2.24, 2.45) is 5.92 Å². The van der Waals surface area contributed by atoms with Crippen LogP contribution in [0.25, 0.3) is 0 Å². The number of carbonyl (C=O) groups excluding carboxylic acids is 1. The highest BCUT2D eigenvalue weighted by Crippen LogP contribution is 2.05. The van der Waals surface area contributed by atoms with E-state index in [9.17, 15) is 9.59 Å². The van der Waals surface area contributed by atoms with E-state index < -0.39 is 11.9 Å². The fraction of sp³-hybridized carbons (Fsp3) is 0.500. The van der Waals surface area contributed by atoms with E-state index in [2.05, 4.69) is 5.32 Å². The fourth-order valence-corrected chi connectivity index (χ4v) is 1.36. The third kappa shape index (κ3) is 4.30. The molecule has 0 bridgehead atoms. The van der Waals surface area contributed by atoms with Crippen molar-refractivity contribution < 1.29 is 19.1 Å². The Labute approximate surface area is 99.8 Å². The van der Waals surface area contributed by atoms with Gasteiger partial charge in [-0.1, -0.05) is 0 Å². The van der Waals surface area contributed by atoms with Crippen LogP contribution in [-0.4, -0.2) is 23.0 Å². The van der Waals surface area contributed by atoms with Crippen molar-refractivity contribution >= 4 is 11.9 Å². The van der Waals surface area contributed by atoms with Gasteiger partial charge in [0.05, 0.1) is 18.4 Å². The maximum atomic E-state index is 11.5. The summed E-state index contributed by atoms with van der Waals surface area (Å²) in [7, 11) is 0. The molecule has 0 saturated carbocycles. The summed E-state index contributed by atoms with van der Waals surface area (Å²) in [6.07, 6.45) is 4.08. The third-order valence-corrected chi connectivity index (χ3v) is 2.75. The molecule has 0 fully saturated rings. The van der Waals surface area contributed by atoms with Gasteiger partial charge in [-0.2, -0.15) is 0 Å². The highest BCUT2D eigenvalue weighted by Gasteiger charge is 2.20. The van der Waals surface area contributed by atoms with E-state index >= 15 is 0 Å². The molecule has 1 aromatic rings. The molecule has 94 valence electrons. The third-order valence-electron chi connectivity index (χ3n) is 2.75. The molecule has 1 amide bonds. The summed E-state index contributed by atoms with van der Waals surface area (Å²) in [4.78, 5) is 22.2. The van der Waals surface area contributed by atoms with E-state index in [1.54, 1.807) is 32.4 Å². The van der Waals surface area contributed by atoms with Crippen molar-refractivity contribution in [2.75, 3.05) is 0 Å². The largest absolute Gasteiger partial charge is 0.481 e. The van der Waals surface area contributed by atoms with Crippen LogP contribution in [-0.2, 0) is 16.0 Å². The van der Waals surface area contributed by atoms with E-state index in [-0.39, 0.29) is 11.9 Å². The van der Waals surface area contributed by atoms with Crippen LogP contribution in [0.2, 0.25) is 0 Å². The molecule has 0 aliphatic carbocycles. The molecular formula is C12H17NO4. The minimum Gasteiger partial charge on any atom is -0.481 e. The maximum absolute atomic E-state index is 11.5. The number of amides is 1. The lowest BCUT2D eigenvalue weighted by atomic mass is 10.0. The highest BCUT2D eigenvalue weighted by molar-refractivity contribution is 5.78. The maximum Gasteiger partial charge on any atom is 0.308 e. The van der Waals surface area contributed by atoms with Crippen LogP contribution < -0.4 is 5.32 Å². The van der Waals surface area contributed by atoms with Gasteiger partial charge >= 0.3 is 5.97 Å². The molecule has 1 heterocycles. The molecular weight excluding hydrogens is 222 g/mol. The Kier molecular flexibility index (Phi) is 4.75. The lowest BCUT2D eigenvalue weighted by molar-refractivity contribution is -0.142. The summed E-state index contributed by atoms with van der Waals surface area (Å²) in [5.74, 6) is -1.65. The van der Waals surface area contributed by atoms with Gasteiger partial charge < -0.3 is 14.8 Å². The summed E-state index contributed by atoms with van der Waals surface area (Å²) in [5, 5.41) is 11.5. The predicted molar refractivity (Wildman–Crippen MR) is 61.4 cm³/mol. The minimum atomic E-state index is -0.910. The van der Waals surface area contributed by atoms with Crippen LogP contribution in [0, 0.1) is 5.92 Å². The zero-order valence-electron chi connectivity index (χ0n) is 9.97.